The minimum Gasteiger partial charge on any atom is -0.368 e. The summed E-state index contributed by atoms with van der Waals surface area (Å²) in [7, 11) is 0. The average Bonchev–Trinajstić information content (AvgIpc) is 2.90. The Kier molecular flexibility index (Phi) is 3.72. The summed E-state index contributed by atoms with van der Waals surface area (Å²) < 4.78 is 1.26. The van der Waals surface area contributed by atoms with E-state index in [0.29, 0.717) is 5.92 Å². The molecule has 1 aliphatic rings. The Morgan fingerprint density at radius 1 is 1.40 bits per heavy atom. The van der Waals surface area contributed by atoms with Gasteiger partial charge in [-0.2, -0.15) is 0 Å². The number of para-hydroxylation sites is 1. The lowest BCUT2D eigenvalue weighted by Crippen LogP contribution is -2.46. The topological polar surface area (TPSA) is 59.2 Å². The van der Waals surface area contributed by atoms with Crippen molar-refractivity contribution in [1.29, 1.82) is 0 Å². The molecule has 4 nitrogen and oxygen atoms in total. The summed E-state index contributed by atoms with van der Waals surface area (Å²) in [6, 6.07) is 8.12. The highest BCUT2D eigenvalue weighted by atomic mass is 32.1. The maximum absolute atomic E-state index is 11.2. The molecule has 0 radical (unpaired) electrons. The second-order valence-electron chi connectivity index (χ2n) is 5.41. The molecule has 20 heavy (non-hydrogen) atoms. The predicted molar refractivity (Wildman–Crippen MR) is 81.8 cm³/mol. The van der Waals surface area contributed by atoms with Crippen LogP contribution in [-0.4, -0.2) is 34.9 Å². The van der Waals surface area contributed by atoms with Gasteiger partial charge < -0.3 is 5.73 Å². The third kappa shape index (κ3) is 2.55. The Balaban J connectivity index is 1.70. The number of hydrogen-bond acceptors (Lipinski definition) is 4. The lowest BCUT2D eigenvalue weighted by Gasteiger charge is -2.33. The van der Waals surface area contributed by atoms with Crippen LogP contribution in [0.3, 0.4) is 0 Å². The maximum Gasteiger partial charge on any atom is 0.234 e. The first kappa shape index (κ1) is 13.5. The third-order valence-corrected chi connectivity index (χ3v) is 5.35. The molecule has 0 bridgehead atoms. The van der Waals surface area contributed by atoms with Gasteiger partial charge in [0.25, 0.3) is 0 Å². The van der Waals surface area contributed by atoms with E-state index in [9.17, 15) is 4.79 Å². The van der Waals surface area contributed by atoms with Gasteiger partial charge in [-0.3, -0.25) is 9.69 Å². The van der Waals surface area contributed by atoms with Gasteiger partial charge in [0, 0.05) is 5.92 Å². The monoisotopic (exact) mass is 289 g/mol. The number of hydrogen-bond donors (Lipinski definition) is 1. The summed E-state index contributed by atoms with van der Waals surface area (Å²) in [5.74, 6) is 0.284. The molecular formula is C15H19N3OS. The number of amides is 1. The minimum atomic E-state index is -0.233. The number of benzene rings is 1. The molecule has 1 fully saturated rings. The van der Waals surface area contributed by atoms with E-state index in [0.717, 1.165) is 31.4 Å². The molecule has 1 amide bonds. The van der Waals surface area contributed by atoms with Crippen LogP contribution in [0, 0.1) is 0 Å². The van der Waals surface area contributed by atoms with Gasteiger partial charge in [0.1, 0.15) is 0 Å². The van der Waals surface area contributed by atoms with Crippen molar-refractivity contribution >= 4 is 27.5 Å². The Morgan fingerprint density at radius 3 is 2.75 bits per heavy atom. The van der Waals surface area contributed by atoms with E-state index in [1.165, 1.54) is 9.71 Å². The highest BCUT2D eigenvalue weighted by Gasteiger charge is 2.27. The van der Waals surface area contributed by atoms with Crippen LogP contribution in [0.4, 0.5) is 0 Å². The molecular weight excluding hydrogens is 270 g/mol. The predicted octanol–water partition coefficient (Wildman–Crippen LogP) is 2.35. The molecule has 1 aromatic carbocycles. The van der Waals surface area contributed by atoms with E-state index in [1.807, 2.05) is 13.0 Å². The summed E-state index contributed by atoms with van der Waals surface area (Å²) in [6.45, 7) is 3.73. The van der Waals surface area contributed by atoms with Crippen molar-refractivity contribution in [3.63, 3.8) is 0 Å². The van der Waals surface area contributed by atoms with Crippen LogP contribution in [0.15, 0.2) is 24.3 Å². The quantitative estimate of drug-likeness (QED) is 0.943. The normalized spacial score (nSPS) is 19.2. The highest BCUT2D eigenvalue weighted by Crippen LogP contribution is 2.34. The van der Waals surface area contributed by atoms with Crippen LogP contribution in [0.1, 0.15) is 30.7 Å². The van der Waals surface area contributed by atoms with Crippen molar-refractivity contribution in [2.75, 3.05) is 13.1 Å². The minimum absolute atomic E-state index is 0.161. The first-order chi connectivity index (χ1) is 9.65. The largest absolute Gasteiger partial charge is 0.368 e. The first-order valence-corrected chi connectivity index (χ1v) is 7.85. The molecule has 0 spiro atoms. The molecule has 0 aliphatic carbocycles. The molecule has 2 N–H and O–H groups in total. The number of rotatable bonds is 3. The summed E-state index contributed by atoms with van der Waals surface area (Å²) in [5.41, 5.74) is 6.47. The molecule has 1 aliphatic heterocycles. The van der Waals surface area contributed by atoms with E-state index in [-0.39, 0.29) is 11.9 Å². The lowest BCUT2D eigenvalue weighted by molar-refractivity contribution is -0.123. The van der Waals surface area contributed by atoms with E-state index >= 15 is 0 Å². The average molecular weight is 289 g/mol. The van der Waals surface area contributed by atoms with Gasteiger partial charge in [-0.15, -0.1) is 11.3 Å². The number of piperidine rings is 1. The van der Waals surface area contributed by atoms with E-state index in [1.54, 1.807) is 11.3 Å². The molecule has 106 valence electrons. The number of carbonyl (C=O) groups excluding carboxylic acids is 1. The number of fused-ring (bicyclic) bond motifs is 1. The number of primary amides is 1. The summed E-state index contributed by atoms with van der Waals surface area (Å²) >= 11 is 1.80. The van der Waals surface area contributed by atoms with Crippen LogP contribution >= 0.6 is 11.3 Å². The number of aromatic nitrogens is 1. The molecule has 1 atom stereocenters. The standard InChI is InChI=1S/C15H19N3OS/c1-10(14(16)19)18-8-6-11(7-9-18)15-17-12-4-2-3-5-13(12)20-15/h2-5,10-11H,6-9H2,1H3,(H2,16,19)/t10-/m0/s1. The number of nitrogens with zero attached hydrogens (tertiary/aromatic N) is 2. The molecule has 0 saturated carbocycles. The van der Waals surface area contributed by atoms with Crippen LogP contribution in [0.2, 0.25) is 0 Å². The van der Waals surface area contributed by atoms with Gasteiger partial charge in [0.15, 0.2) is 0 Å². The number of carbonyl (C=O) groups is 1. The van der Waals surface area contributed by atoms with Crippen LogP contribution in [0.25, 0.3) is 10.2 Å². The zero-order chi connectivity index (χ0) is 14.1. The Labute approximate surface area is 122 Å². The first-order valence-electron chi connectivity index (χ1n) is 7.04. The molecule has 2 heterocycles. The van der Waals surface area contributed by atoms with Crippen LogP contribution in [-0.2, 0) is 4.79 Å². The second kappa shape index (κ2) is 5.50. The summed E-state index contributed by atoms with van der Waals surface area (Å²) in [4.78, 5) is 18.2. The molecule has 1 saturated heterocycles. The van der Waals surface area contributed by atoms with Crippen molar-refractivity contribution in [1.82, 2.24) is 9.88 Å². The SMILES string of the molecule is C[C@@H](C(N)=O)N1CCC(c2nc3ccccc3s2)CC1. The summed E-state index contributed by atoms with van der Waals surface area (Å²) in [6.07, 6.45) is 2.11. The molecule has 1 aromatic heterocycles. The van der Waals surface area contributed by atoms with Crippen LogP contribution in [0.5, 0.6) is 0 Å². The Morgan fingerprint density at radius 2 is 2.10 bits per heavy atom. The van der Waals surface area contributed by atoms with Crippen molar-refractivity contribution in [3.05, 3.63) is 29.3 Å². The molecule has 5 heteroatoms. The Hall–Kier alpha value is -1.46. The van der Waals surface area contributed by atoms with E-state index in [4.69, 9.17) is 10.7 Å². The second-order valence-corrected chi connectivity index (χ2v) is 6.47. The molecule has 3 rings (SSSR count). The molecule has 0 unspecified atom stereocenters. The van der Waals surface area contributed by atoms with Crippen molar-refractivity contribution in [3.8, 4) is 0 Å². The van der Waals surface area contributed by atoms with Crippen molar-refractivity contribution in [2.45, 2.75) is 31.7 Å². The van der Waals surface area contributed by atoms with Crippen molar-refractivity contribution in [2.24, 2.45) is 5.73 Å². The number of thiazole rings is 1. The van der Waals surface area contributed by atoms with E-state index < -0.39 is 0 Å². The smallest absolute Gasteiger partial charge is 0.234 e. The van der Waals surface area contributed by atoms with Crippen molar-refractivity contribution < 1.29 is 4.79 Å². The molecule has 2 aromatic rings. The fraction of sp³-hybridized carbons (Fsp3) is 0.467. The Bertz CT molecular complexity index is 583. The fourth-order valence-corrected chi connectivity index (χ4v) is 3.91. The highest BCUT2D eigenvalue weighted by molar-refractivity contribution is 7.18. The van der Waals surface area contributed by atoms with Gasteiger partial charge in [-0.1, -0.05) is 12.1 Å². The van der Waals surface area contributed by atoms with E-state index in [2.05, 4.69) is 23.1 Å². The van der Waals surface area contributed by atoms with Crippen LogP contribution < -0.4 is 5.73 Å². The van der Waals surface area contributed by atoms with Gasteiger partial charge in [0.05, 0.1) is 21.3 Å². The third-order valence-electron chi connectivity index (χ3n) is 4.15. The van der Waals surface area contributed by atoms with Gasteiger partial charge in [-0.05, 0) is 45.0 Å². The fourth-order valence-electron chi connectivity index (χ4n) is 2.78. The maximum atomic E-state index is 11.2. The lowest BCUT2D eigenvalue weighted by atomic mass is 9.96. The summed E-state index contributed by atoms with van der Waals surface area (Å²) in [5, 5.41) is 1.23. The van der Waals surface area contributed by atoms with Gasteiger partial charge in [0.2, 0.25) is 5.91 Å². The number of likely N-dealkylation sites (tertiary alicyclic amines) is 1. The zero-order valence-corrected chi connectivity index (χ0v) is 12.4. The van der Waals surface area contributed by atoms with Gasteiger partial charge in [-0.25, -0.2) is 4.98 Å². The zero-order valence-electron chi connectivity index (χ0n) is 11.6. The van der Waals surface area contributed by atoms with Gasteiger partial charge >= 0.3 is 0 Å². The number of nitrogens with two attached hydrogens (primary N) is 1.